The standard InChI is InChI=1S/C14H22ClN3.HI/c1-11(2)10-18-14(16-3)17-9-8-12-6-4-5-7-13(12)15;/h4-7,11H,8-10H2,1-3H3,(H2,16,17,18);1H. The third kappa shape index (κ3) is 7.62. The Morgan fingerprint density at radius 2 is 1.95 bits per heavy atom. The Kier molecular flexibility index (Phi) is 10.0. The molecule has 0 bridgehead atoms. The Balaban J connectivity index is 0.00000324. The van der Waals surface area contributed by atoms with Crippen LogP contribution < -0.4 is 10.6 Å². The van der Waals surface area contributed by atoms with Gasteiger partial charge in [0.25, 0.3) is 0 Å². The minimum absolute atomic E-state index is 0. The Morgan fingerprint density at radius 1 is 1.26 bits per heavy atom. The minimum Gasteiger partial charge on any atom is -0.356 e. The lowest BCUT2D eigenvalue weighted by Crippen LogP contribution is -2.39. The van der Waals surface area contributed by atoms with Gasteiger partial charge in [0.05, 0.1) is 0 Å². The minimum atomic E-state index is 0. The molecule has 0 saturated heterocycles. The second-order valence-electron chi connectivity index (χ2n) is 4.62. The van der Waals surface area contributed by atoms with Gasteiger partial charge < -0.3 is 10.6 Å². The SMILES string of the molecule is CN=C(NCCc1ccccc1Cl)NCC(C)C.I. The second kappa shape index (κ2) is 10.3. The van der Waals surface area contributed by atoms with Crippen LogP contribution in [-0.4, -0.2) is 26.1 Å². The highest BCUT2D eigenvalue weighted by Crippen LogP contribution is 2.14. The summed E-state index contributed by atoms with van der Waals surface area (Å²) in [5, 5.41) is 7.38. The molecule has 0 fully saturated rings. The summed E-state index contributed by atoms with van der Waals surface area (Å²) in [6, 6.07) is 7.92. The summed E-state index contributed by atoms with van der Waals surface area (Å²) < 4.78 is 0. The van der Waals surface area contributed by atoms with Crippen LogP contribution in [0.2, 0.25) is 5.02 Å². The molecule has 0 aliphatic rings. The maximum Gasteiger partial charge on any atom is 0.190 e. The van der Waals surface area contributed by atoms with Crippen molar-refractivity contribution in [1.82, 2.24) is 10.6 Å². The molecular formula is C14H23ClIN3. The fourth-order valence-corrected chi connectivity index (χ4v) is 1.77. The molecule has 0 amide bonds. The lowest BCUT2D eigenvalue weighted by Gasteiger charge is -2.13. The van der Waals surface area contributed by atoms with Crippen molar-refractivity contribution < 1.29 is 0 Å². The van der Waals surface area contributed by atoms with Gasteiger partial charge in [0.1, 0.15) is 0 Å². The maximum atomic E-state index is 6.10. The predicted molar refractivity (Wildman–Crippen MR) is 94.8 cm³/mol. The number of hydrogen-bond donors (Lipinski definition) is 2. The quantitative estimate of drug-likeness (QED) is 0.456. The van der Waals surface area contributed by atoms with Gasteiger partial charge in [-0.1, -0.05) is 43.6 Å². The molecule has 108 valence electrons. The molecule has 1 rings (SSSR count). The number of hydrogen-bond acceptors (Lipinski definition) is 1. The molecule has 3 nitrogen and oxygen atoms in total. The molecule has 0 atom stereocenters. The van der Waals surface area contributed by atoms with Crippen LogP contribution in [-0.2, 0) is 6.42 Å². The van der Waals surface area contributed by atoms with E-state index in [0.29, 0.717) is 5.92 Å². The van der Waals surface area contributed by atoms with E-state index in [4.69, 9.17) is 11.6 Å². The first-order valence-corrected chi connectivity index (χ1v) is 6.69. The molecule has 0 saturated carbocycles. The van der Waals surface area contributed by atoms with E-state index < -0.39 is 0 Å². The van der Waals surface area contributed by atoms with Crippen molar-refractivity contribution in [2.75, 3.05) is 20.1 Å². The van der Waals surface area contributed by atoms with E-state index in [2.05, 4.69) is 29.5 Å². The summed E-state index contributed by atoms with van der Waals surface area (Å²) in [6.07, 6.45) is 0.891. The first kappa shape index (κ1) is 18.5. The Labute approximate surface area is 138 Å². The average molecular weight is 396 g/mol. The maximum absolute atomic E-state index is 6.10. The van der Waals surface area contributed by atoms with Crippen molar-refractivity contribution in [3.63, 3.8) is 0 Å². The molecule has 0 aliphatic heterocycles. The normalized spacial score (nSPS) is 11.1. The van der Waals surface area contributed by atoms with Crippen LogP contribution in [0.5, 0.6) is 0 Å². The zero-order chi connectivity index (χ0) is 13.4. The first-order valence-electron chi connectivity index (χ1n) is 6.31. The molecule has 0 aliphatic carbocycles. The van der Waals surface area contributed by atoms with Gasteiger partial charge in [0.15, 0.2) is 5.96 Å². The van der Waals surface area contributed by atoms with E-state index in [9.17, 15) is 0 Å². The zero-order valence-corrected chi connectivity index (χ0v) is 14.8. The summed E-state index contributed by atoms with van der Waals surface area (Å²) >= 11 is 6.10. The predicted octanol–water partition coefficient (Wildman–Crippen LogP) is 3.32. The second-order valence-corrected chi connectivity index (χ2v) is 5.02. The summed E-state index contributed by atoms with van der Waals surface area (Å²) in [5.74, 6) is 1.45. The van der Waals surface area contributed by atoms with Gasteiger partial charge in [-0.15, -0.1) is 24.0 Å². The van der Waals surface area contributed by atoms with Crippen molar-refractivity contribution >= 4 is 41.5 Å². The number of guanidine groups is 1. The molecule has 2 N–H and O–H groups in total. The fourth-order valence-electron chi connectivity index (χ4n) is 1.54. The van der Waals surface area contributed by atoms with Crippen LogP contribution in [0, 0.1) is 5.92 Å². The molecule has 19 heavy (non-hydrogen) atoms. The van der Waals surface area contributed by atoms with Crippen LogP contribution >= 0.6 is 35.6 Å². The molecule has 0 heterocycles. The van der Waals surface area contributed by atoms with Gasteiger partial charge in [0, 0.05) is 25.2 Å². The average Bonchev–Trinajstić information content (AvgIpc) is 2.35. The summed E-state index contributed by atoms with van der Waals surface area (Å²) in [7, 11) is 1.78. The van der Waals surface area contributed by atoms with Crippen LogP contribution in [0.4, 0.5) is 0 Å². The fraction of sp³-hybridized carbons (Fsp3) is 0.500. The van der Waals surface area contributed by atoms with E-state index in [1.54, 1.807) is 7.05 Å². The smallest absolute Gasteiger partial charge is 0.190 e. The molecular weight excluding hydrogens is 373 g/mol. The zero-order valence-electron chi connectivity index (χ0n) is 11.7. The van der Waals surface area contributed by atoms with E-state index in [0.717, 1.165) is 36.1 Å². The third-order valence-corrected chi connectivity index (χ3v) is 2.91. The van der Waals surface area contributed by atoms with Crippen LogP contribution in [0.25, 0.3) is 0 Å². The monoisotopic (exact) mass is 395 g/mol. The largest absolute Gasteiger partial charge is 0.356 e. The molecule has 5 heteroatoms. The molecule has 0 radical (unpaired) electrons. The molecule has 0 aromatic heterocycles. The van der Waals surface area contributed by atoms with Gasteiger partial charge >= 0.3 is 0 Å². The topological polar surface area (TPSA) is 36.4 Å². The highest BCUT2D eigenvalue weighted by atomic mass is 127. The Hall–Kier alpha value is -0.490. The van der Waals surface area contributed by atoms with Crippen molar-refractivity contribution in [3.8, 4) is 0 Å². The van der Waals surface area contributed by atoms with Crippen molar-refractivity contribution in [3.05, 3.63) is 34.9 Å². The van der Waals surface area contributed by atoms with Crippen LogP contribution in [0.3, 0.4) is 0 Å². The molecule has 1 aromatic rings. The molecule has 0 spiro atoms. The van der Waals surface area contributed by atoms with Crippen LogP contribution in [0.15, 0.2) is 29.3 Å². The summed E-state index contributed by atoms with van der Waals surface area (Å²) in [5.41, 5.74) is 1.16. The van der Waals surface area contributed by atoms with Crippen LogP contribution in [0.1, 0.15) is 19.4 Å². The number of aliphatic imine (C=N–C) groups is 1. The lowest BCUT2D eigenvalue weighted by atomic mass is 10.1. The number of nitrogens with one attached hydrogen (secondary N) is 2. The van der Waals surface area contributed by atoms with Crippen molar-refractivity contribution in [1.29, 1.82) is 0 Å². The Morgan fingerprint density at radius 3 is 2.53 bits per heavy atom. The van der Waals surface area contributed by atoms with Gasteiger partial charge in [-0.25, -0.2) is 0 Å². The van der Waals surface area contributed by atoms with Gasteiger partial charge in [-0.3, -0.25) is 4.99 Å². The Bertz CT molecular complexity index is 394. The third-order valence-electron chi connectivity index (χ3n) is 2.55. The van der Waals surface area contributed by atoms with Gasteiger partial charge in [-0.05, 0) is 24.0 Å². The molecule has 0 unspecified atom stereocenters. The summed E-state index contributed by atoms with van der Waals surface area (Å²) in [4.78, 5) is 4.18. The lowest BCUT2D eigenvalue weighted by molar-refractivity contribution is 0.614. The van der Waals surface area contributed by atoms with Crippen molar-refractivity contribution in [2.45, 2.75) is 20.3 Å². The summed E-state index contributed by atoms with van der Waals surface area (Å²) in [6.45, 7) is 6.08. The van der Waals surface area contributed by atoms with E-state index in [-0.39, 0.29) is 24.0 Å². The molecule has 1 aromatic carbocycles. The first-order chi connectivity index (χ1) is 8.63. The van der Waals surface area contributed by atoms with Gasteiger partial charge in [0.2, 0.25) is 0 Å². The number of benzene rings is 1. The number of nitrogens with zero attached hydrogens (tertiary/aromatic N) is 1. The van der Waals surface area contributed by atoms with E-state index in [1.807, 2.05) is 24.3 Å². The highest BCUT2D eigenvalue weighted by molar-refractivity contribution is 14.0. The number of halogens is 2. The van der Waals surface area contributed by atoms with Crippen molar-refractivity contribution in [2.24, 2.45) is 10.9 Å². The van der Waals surface area contributed by atoms with E-state index in [1.165, 1.54) is 0 Å². The van der Waals surface area contributed by atoms with Gasteiger partial charge in [-0.2, -0.15) is 0 Å². The number of rotatable bonds is 5. The van der Waals surface area contributed by atoms with E-state index >= 15 is 0 Å². The highest BCUT2D eigenvalue weighted by Gasteiger charge is 2.01.